The van der Waals surface area contributed by atoms with Gasteiger partial charge in [-0.1, -0.05) is 12.1 Å². The fraction of sp³-hybridized carbons (Fsp3) is 0.273. The van der Waals surface area contributed by atoms with E-state index in [0.717, 1.165) is 0 Å². The second-order valence-electron chi connectivity index (χ2n) is 3.75. The molecular weight excluding hydrogens is 211 g/mol. The summed E-state index contributed by atoms with van der Waals surface area (Å²) >= 11 is 0. The highest BCUT2D eigenvalue weighted by Gasteiger charge is 2.31. The molecule has 16 heavy (non-hydrogen) atoms. The van der Waals surface area contributed by atoms with Gasteiger partial charge in [0.05, 0.1) is 6.54 Å². The number of nitrogens with zero attached hydrogens (tertiary/aromatic N) is 1. The van der Waals surface area contributed by atoms with Crippen LogP contribution < -0.4 is 5.32 Å². The summed E-state index contributed by atoms with van der Waals surface area (Å²) < 4.78 is 13.0. The van der Waals surface area contributed by atoms with Crippen LogP contribution in [-0.2, 0) is 9.59 Å². The number of nitrogens with one attached hydrogen (secondary N) is 1. The fourth-order valence-electron chi connectivity index (χ4n) is 1.69. The second-order valence-corrected chi connectivity index (χ2v) is 3.75. The molecule has 0 spiro atoms. The van der Waals surface area contributed by atoms with E-state index in [-0.39, 0.29) is 18.4 Å². The van der Waals surface area contributed by atoms with Crippen LogP contribution in [0.3, 0.4) is 0 Å². The molecule has 1 unspecified atom stereocenters. The van der Waals surface area contributed by atoms with Crippen molar-refractivity contribution in [2.75, 3.05) is 13.6 Å². The number of likely N-dealkylation sites (N-methyl/N-ethyl adjacent to an activating group) is 1. The topological polar surface area (TPSA) is 49.4 Å². The molecule has 1 aromatic carbocycles. The molecular formula is C11H11FN2O2. The summed E-state index contributed by atoms with van der Waals surface area (Å²) in [7, 11) is 1.55. The predicted molar refractivity (Wildman–Crippen MR) is 54.9 cm³/mol. The first-order valence-electron chi connectivity index (χ1n) is 4.88. The van der Waals surface area contributed by atoms with Gasteiger partial charge >= 0.3 is 0 Å². The normalized spacial score (nSPS) is 20.9. The van der Waals surface area contributed by atoms with Gasteiger partial charge in [0.15, 0.2) is 0 Å². The number of carbonyl (C=O) groups excluding carboxylic acids is 2. The highest BCUT2D eigenvalue weighted by atomic mass is 19.1. The number of carbonyl (C=O) groups is 2. The maximum atomic E-state index is 13.0. The summed E-state index contributed by atoms with van der Waals surface area (Å²) in [6.07, 6.45) is 0. The van der Waals surface area contributed by atoms with Crippen molar-refractivity contribution < 1.29 is 14.0 Å². The van der Waals surface area contributed by atoms with E-state index in [4.69, 9.17) is 0 Å². The summed E-state index contributed by atoms with van der Waals surface area (Å²) in [4.78, 5) is 24.4. The zero-order chi connectivity index (χ0) is 11.7. The van der Waals surface area contributed by atoms with Crippen molar-refractivity contribution >= 4 is 11.8 Å². The molecule has 84 valence electrons. The summed E-state index contributed by atoms with van der Waals surface area (Å²) in [6, 6.07) is 4.90. The second kappa shape index (κ2) is 3.92. The molecule has 1 aliphatic heterocycles. The SMILES string of the molecule is CN1CC(=O)NC(c2cccc(F)c2)C1=O. The third-order valence-corrected chi connectivity index (χ3v) is 2.49. The van der Waals surface area contributed by atoms with Gasteiger partial charge in [0, 0.05) is 7.05 Å². The van der Waals surface area contributed by atoms with E-state index < -0.39 is 11.9 Å². The molecule has 1 saturated heterocycles. The highest BCUT2D eigenvalue weighted by Crippen LogP contribution is 2.18. The lowest BCUT2D eigenvalue weighted by Crippen LogP contribution is -2.51. The summed E-state index contributed by atoms with van der Waals surface area (Å²) in [6.45, 7) is 0.0463. The lowest BCUT2D eigenvalue weighted by atomic mass is 10.0. The molecule has 5 heteroatoms. The lowest BCUT2D eigenvalue weighted by Gasteiger charge is -2.29. The minimum atomic E-state index is -0.776. The molecule has 0 aromatic heterocycles. The molecule has 4 nitrogen and oxygen atoms in total. The first kappa shape index (κ1) is 10.6. The van der Waals surface area contributed by atoms with Crippen molar-refractivity contribution in [1.82, 2.24) is 10.2 Å². The maximum absolute atomic E-state index is 13.0. The monoisotopic (exact) mass is 222 g/mol. The standard InChI is InChI=1S/C11H11FN2O2/c1-14-6-9(15)13-10(11(14)16)7-3-2-4-8(12)5-7/h2-5,10H,6H2,1H3,(H,13,15). The number of hydrogen-bond donors (Lipinski definition) is 1. The van der Waals surface area contributed by atoms with Crippen LogP contribution in [0.5, 0.6) is 0 Å². The molecule has 0 aliphatic carbocycles. The van der Waals surface area contributed by atoms with Crippen LogP contribution >= 0.6 is 0 Å². The van der Waals surface area contributed by atoms with E-state index in [0.29, 0.717) is 5.56 Å². The first-order chi connectivity index (χ1) is 7.58. The predicted octanol–water partition coefficient (Wildman–Crippen LogP) is 0.455. The van der Waals surface area contributed by atoms with Crippen LogP contribution in [0.1, 0.15) is 11.6 Å². The number of hydrogen-bond acceptors (Lipinski definition) is 2. The Labute approximate surface area is 92.0 Å². The third kappa shape index (κ3) is 1.88. The van der Waals surface area contributed by atoms with E-state index in [9.17, 15) is 14.0 Å². The fourth-order valence-corrected chi connectivity index (χ4v) is 1.69. The van der Waals surface area contributed by atoms with Crippen molar-refractivity contribution in [3.05, 3.63) is 35.6 Å². The van der Waals surface area contributed by atoms with Gasteiger partial charge in [-0.25, -0.2) is 4.39 Å². The molecule has 0 bridgehead atoms. The first-order valence-corrected chi connectivity index (χ1v) is 4.88. The Morgan fingerprint density at radius 2 is 2.19 bits per heavy atom. The molecule has 2 amide bonds. The Hall–Kier alpha value is -1.91. The molecule has 1 aliphatic rings. The van der Waals surface area contributed by atoms with Crippen molar-refractivity contribution in [3.8, 4) is 0 Å². The van der Waals surface area contributed by atoms with Crippen LogP contribution in [0.15, 0.2) is 24.3 Å². The quantitative estimate of drug-likeness (QED) is 0.750. The van der Waals surface area contributed by atoms with E-state index in [1.807, 2.05) is 0 Å². The van der Waals surface area contributed by atoms with Crippen molar-refractivity contribution in [2.45, 2.75) is 6.04 Å². The van der Waals surface area contributed by atoms with Gasteiger partial charge in [0.1, 0.15) is 11.9 Å². The summed E-state index contributed by atoms with van der Waals surface area (Å²) in [5, 5.41) is 2.54. The Balaban J connectivity index is 2.32. The Bertz CT molecular complexity index is 447. The Kier molecular flexibility index (Phi) is 2.60. The smallest absolute Gasteiger partial charge is 0.250 e. The zero-order valence-electron chi connectivity index (χ0n) is 8.74. The number of piperazine rings is 1. The zero-order valence-corrected chi connectivity index (χ0v) is 8.74. The third-order valence-electron chi connectivity index (χ3n) is 2.49. The molecule has 2 rings (SSSR count). The van der Waals surface area contributed by atoms with Gasteiger partial charge in [-0.05, 0) is 17.7 Å². The van der Waals surface area contributed by atoms with E-state index in [1.54, 1.807) is 13.1 Å². The van der Waals surface area contributed by atoms with Gasteiger partial charge in [0.25, 0.3) is 0 Å². The van der Waals surface area contributed by atoms with Crippen LogP contribution in [0.25, 0.3) is 0 Å². The van der Waals surface area contributed by atoms with Gasteiger partial charge in [-0.15, -0.1) is 0 Å². The van der Waals surface area contributed by atoms with Gasteiger partial charge in [-0.3, -0.25) is 9.59 Å². The minimum Gasteiger partial charge on any atom is -0.339 e. The van der Waals surface area contributed by atoms with Crippen molar-refractivity contribution in [3.63, 3.8) is 0 Å². The number of benzene rings is 1. The number of rotatable bonds is 1. The maximum Gasteiger partial charge on any atom is 0.250 e. The minimum absolute atomic E-state index is 0.0463. The van der Waals surface area contributed by atoms with Gasteiger partial charge < -0.3 is 10.2 Å². The molecule has 1 atom stereocenters. The molecule has 0 radical (unpaired) electrons. The van der Waals surface area contributed by atoms with Gasteiger partial charge in [0.2, 0.25) is 11.8 Å². The van der Waals surface area contributed by atoms with E-state index in [2.05, 4.69) is 5.32 Å². The average molecular weight is 222 g/mol. The van der Waals surface area contributed by atoms with E-state index in [1.165, 1.54) is 23.1 Å². The number of halogens is 1. The van der Waals surface area contributed by atoms with Crippen LogP contribution in [0.4, 0.5) is 4.39 Å². The highest BCUT2D eigenvalue weighted by molar-refractivity contribution is 5.95. The van der Waals surface area contributed by atoms with Crippen LogP contribution in [-0.4, -0.2) is 30.3 Å². The van der Waals surface area contributed by atoms with Gasteiger partial charge in [-0.2, -0.15) is 0 Å². The largest absolute Gasteiger partial charge is 0.339 e. The average Bonchev–Trinajstić information content (AvgIpc) is 2.23. The van der Waals surface area contributed by atoms with Crippen molar-refractivity contribution in [1.29, 1.82) is 0 Å². The van der Waals surface area contributed by atoms with Crippen LogP contribution in [0, 0.1) is 5.82 Å². The summed E-state index contributed by atoms with van der Waals surface area (Å²) in [5.74, 6) is -0.894. The molecule has 1 heterocycles. The lowest BCUT2D eigenvalue weighted by molar-refractivity contribution is -0.143. The van der Waals surface area contributed by atoms with E-state index >= 15 is 0 Å². The van der Waals surface area contributed by atoms with Crippen molar-refractivity contribution in [2.24, 2.45) is 0 Å². The van der Waals surface area contributed by atoms with Crippen LogP contribution in [0.2, 0.25) is 0 Å². The molecule has 1 aromatic rings. The Morgan fingerprint density at radius 1 is 1.44 bits per heavy atom. The molecule has 1 fully saturated rings. The molecule has 0 saturated carbocycles. The number of amides is 2. The molecule has 1 N–H and O–H groups in total. The Morgan fingerprint density at radius 3 is 2.88 bits per heavy atom. The summed E-state index contributed by atoms with van der Waals surface area (Å²) in [5.41, 5.74) is 0.463.